The molecule has 0 aromatic heterocycles. The maximum absolute atomic E-state index is 14.3. The zero-order chi connectivity index (χ0) is 48.8. The number of benzene rings is 4. The van der Waals surface area contributed by atoms with Gasteiger partial charge in [0, 0.05) is 50.3 Å². The molecule has 16 nitrogen and oxygen atoms in total. The predicted octanol–water partition coefficient (Wildman–Crippen LogP) is 9.33. The van der Waals surface area contributed by atoms with E-state index in [1.807, 2.05) is 42.5 Å². The molecule has 3 aliphatic rings. The number of carbonyl (C=O) groups is 2. The molecule has 0 saturated heterocycles. The first kappa shape index (κ1) is 50.3. The molecule has 1 heterocycles. The first-order valence-corrected chi connectivity index (χ1v) is 23.4. The van der Waals surface area contributed by atoms with Crippen molar-refractivity contribution in [2.75, 3.05) is 47.2 Å². The number of ether oxygens (including phenoxy) is 6. The number of rotatable bonds is 25. The number of nitro benzene ring substituents is 1. The SMILES string of the molecule is C=CCO[C@@]12Oc3ccc(Oc4ccc(OC)c(C=O)c4)cc3[C@H]3[C@H](CCCCO)[C@@H](CCCCO)C=C(C(=NOCc4ccc([N+](=O)[O-])cc4)C[C@@H]1N(C)C(=O)OCCOCc1ccccc1)[C@H]32. The molecule has 69 heavy (non-hydrogen) atoms. The second-order valence-electron chi connectivity index (χ2n) is 17.4. The Bertz CT molecular complexity index is 2440. The normalized spacial score (nSPS) is 21.7. The molecule has 1 fully saturated rings. The van der Waals surface area contributed by atoms with Crippen LogP contribution in [0.2, 0.25) is 0 Å². The van der Waals surface area contributed by atoms with Gasteiger partial charge in [-0.15, -0.1) is 6.58 Å². The summed E-state index contributed by atoms with van der Waals surface area (Å²) in [6.07, 6.45) is 8.18. The first-order chi connectivity index (χ1) is 33.6. The van der Waals surface area contributed by atoms with Gasteiger partial charge in [0.25, 0.3) is 5.69 Å². The maximum atomic E-state index is 14.3. The molecule has 6 atom stereocenters. The van der Waals surface area contributed by atoms with Crippen molar-refractivity contribution < 1.29 is 58.0 Å². The van der Waals surface area contributed by atoms with E-state index in [0.717, 1.165) is 36.0 Å². The van der Waals surface area contributed by atoms with Gasteiger partial charge in [0.05, 0.1) is 49.0 Å². The number of likely N-dealkylation sites (N-methyl/N-ethyl adjacent to an activating group) is 1. The molecule has 1 amide bonds. The van der Waals surface area contributed by atoms with Crippen LogP contribution in [0.15, 0.2) is 120 Å². The summed E-state index contributed by atoms with van der Waals surface area (Å²) in [5.74, 6) is -0.736. The largest absolute Gasteiger partial charge is 0.496 e. The van der Waals surface area contributed by atoms with Crippen LogP contribution in [-0.4, -0.2) is 97.1 Å². The van der Waals surface area contributed by atoms with E-state index in [4.69, 9.17) is 38.4 Å². The molecule has 0 bridgehead atoms. The fraction of sp³-hybridized carbons (Fsp3) is 0.415. The van der Waals surface area contributed by atoms with Crippen LogP contribution in [0.5, 0.6) is 23.0 Å². The van der Waals surface area contributed by atoms with Gasteiger partial charge in [-0.2, -0.15) is 0 Å². The molecule has 0 radical (unpaired) electrons. The van der Waals surface area contributed by atoms with Crippen molar-refractivity contribution in [2.45, 2.75) is 75.9 Å². The lowest BCUT2D eigenvalue weighted by Gasteiger charge is -2.59. The first-order valence-electron chi connectivity index (χ1n) is 23.4. The van der Waals surface area contributed by atoms with Gasteiger partial charge in [0.2, 0.25) is 5.79 Å². The van der Waals surface area contributed by atoms with E-state index >= 15 is 0 Å². The highest BCUT2D eigenvalue weighted by molar-refractivity contribution is 6.03. The fourth-order valence-corrected chi connectivity index (χ4v) is 9.88. The minimum Gasteiger partial charge on any atom is -0.496 e. The molecule has 4 aromatic carbocycles. The lowest BCUT2D eigenvalue weighted by Crippen LogP contribution is -2.69. The minimum absolute atomic E-state index is 0.00737. The van der Waals surface area contributed by atoms with E-state index in [9.17, 15) is 29.9 Å². The topological polar surface area (TPSA) is 198 Å². The predicted molar refractivity (Wildman–Crippen MR) is 257 cm³/mol. The number of oxime groups is 1. The van der Waals surface area contributed by atoms with Crippen LogP contribution in [-0.2, 0) is 32.3 Å². The van der Waals surface area contributed by atoms with Crippen LogP contribution in [0.4, 0.5) is 10.5 Å². The summed E-state index contributed by atoms with van der Waals surface area (Å²) in [6, 6.07) is 25.5. The number of nitro groups is 1. The van der Waals surface area contributed by atoms with E-state index in [2.05, 4.69) is 12.7 Å². The van der Waals surface area contributed by atoms with Gasteiger partial charge in [-0.1, -0.05) is 60.5 Å². The summed E-state index contributed by atoms with van der Waals surface area (Å²) in [4.78, 5) is 44.8. The minimum atomic E-state index is -1.53. The van der Waals surface area contributed by atoms with Crippen molar-refractivity contribution in [2.24, 2.45) is 22.9 Å². The highest BCUT2D eigenvalue weighted by Crippen LogP contribution is 2.62. The Labute approximate surface area is 402 Å². The van der Waals surface area contributed by atoms with Crippen molar-refractivity contribution in [1.29, 1.82) is 0 Å². The third-order valence-corrected chi connectivity index (χ3v) is 13.1. The third-order valence-electron chi connectivity index (χ3n) is 13.1. The van der Waals surface area contributed by atoms with E-state index in [-0.39, 0.29) is 69.5 Å². The van der Waals surface area contributed by atoms with Crippen LogP contribution in [0.25, 0.3) is 0 Å². The number of fused-ring (bicyclic) bond motifs is 2. The highest BCUT2D eigenvalue weighted by Gasteiger charge is 2.65. The molecule has 0 unspecified atom stereocenters. The number of hydrogen-bond acceptors (Lipinski definition) is 14. The average molecular weight is 948 g/mol. The summed E-state index contributed by atoms with van der Waals surface area (Å²) in [6.45, 7) is 4.63. The van der Waals surface area contributed by atoms with Gasteiger partial charge < -0.3 is 48.4 Å². The number of unbranched alkanes of at least 4 members (excludes halogenated alkanes) is 2. The highest BCUT2D eigenvalue weighted by atomic mass is 16.7. The number of methoxy groups -OCH3 is 1. The Morgan fingerprint density at radius 1 is 0.942 bits per heavy atom. The summed E-state index contributed by atoms with van der Waals surface area (Å²) in [5.41, 5.74) is 4.14. The molecular formula is C53H61N3O13. The van der Waals surface area contributed by atoms with Crippen LogP contribution in [0.1, 0.15) is 77.9 Å². The standard InChI is InChI=1S/C53H61N3O13/c1-4-26-66-53-49(55(2)52(60)65-28-27-64-34-36-12-6-5-7-13-36)32-46(54-67-35-37-16-18-40(19-17-37)56(61)62)44-30-38(14-8-10-24-57)43(15-9-11-25-58)50(51(44)53)45-31-42(21-23-48(45)69-53)68-41-20-22-47(63-3)39(29-41)33-59/h4-7,12-13,16-23,29-31,33,38,43,49-51,57-58H,1,8-11,14-15,24-28,32,34-35H2,2-3H3/t38-,43+,49-,50+,51+,53+/m0/s1. The molecule has 1 saturated carbocycles. The van der Waals surface area contributed by atoms with Gasteiger partial charge >= 0.3 is 6.09 Å². The second-order valence-corrected chi connectivity index (χ2v) is 17.4. The van der Waals surface area contributed by atoms with Gasteiger partial charge in [-0.05, 0) is 103 Å². The molecule has 7 rings (SSSR count). The Morgan fingerprint density at radius 3 is 2.38 bits per heavy atom. The number of carbonyl (C=O) groups excluding carboxylic acids is 2. The van der Waals surface area contributed by atoms with Crippen molar-refractivity contribution >= 4 is 23.8 Å². The van der Waals surface area contributed by atoms with E-state index in [1.165, 1.54) is 24.1 Å². The maximum Gasteiger partial charge on any atom is 0.410 e. The molecule has 366 valence electrons. The molecule has 1 aliphatic heterocycles. The van der Waals surface area contributed by atoms with Crippen LogP contribution >= 0.6 is 0 Å². The number of hydrogen-bond donors (Lipinski definition) is 2. The molecule has 16 heteroatoms. The smallest absolute Gasteiger partial charge is 0.410 e. The molecule has 2 aliphatic carbocycles. The number of aliphatic hydroxyl groups excluding tert-OH is 2. The zero-order valence-electron chi connectivity index (χ0n) is 39.1. The summed E-state index contributed by atoms with van der Waals surface area (Å²) >= 11 is 0. The van der Waals surface area contributed by atoms with Gasteiger partial charge in [-0.3, -0.25) is 14.9 Å². The number of allylic oxidation sites excluding steroid dienone is 1. The summed E-state index contributed by atoms with van der Waals surface area (Å²) < 4.78 is 37.7. The van der Waals surface area contributed by atoms with Crippen molar-refractivity contribution in [3.8, 4) is 23.0 Å². The molecule has 4 aromatic rings. The second kappa shape index (κ2) is 24.1. The number of aldehydes is 1. The third kappa shape index (κ3) is 11.8. The van der Waals surface area contributed by atoms with E-state index in [1.54, 1.807) is 49.5 Å². The van der Waals surface area contributed by atoms with Crippen molar-refractivity contribution in [3.05, 3.63) is 148 Å². The monoisotopic (exact) mass is 947 g/mol. The van der Waals surface area contributed by atoms with Crippen molar-refractivity contribution in [3.63, 3.8) is 0 Å². The number of aliphatic hydroxyl groups is 2. The Hall–Kier alpha value is -6.59. The number of nitrogens with zero attached hydrogens (tertiary/aromatic N) is 3. The lowest BCUT2D eigenvalue weighted by molar-refractivity contribution is -0.384. The quantitative estimate of drug-likeness (QED) is 0.0210. The van der Waals surface area contributed by atoms with Crippen molar-refractivity contribution in [1.82, 2.24) is 4.90 Å². The fourth-order valence-electron chi connectivity index (χ4n) is 9.88. The van der Waals surface area contributed by atoms with Gasteiger partial charge in [0.1, 0.15) is 42.3 Å². The van der Waals surface area contributed by atoms with Crippen LogP contribution in [0, 0.1) is 27.9 Å². The molecule has 0 spiro atoms. The number of amides is 1. The summed E-state index contributed by atoms with van der Waals surface area (Å²) in [7, 11) is 3.14. The Kier molecular flexibility index (Phi) is 17.6. The molecule has 2 N–H and O–H groups in total. The number of non-ortho nitro benzene ring substituents is 1. The molecular weight excluding hydrogens is 887 g/mol. The lowest BCUT2D eigenvalue weighted by atomic mass is 9.55. The van der Waals surface area contributed by atoms with E-state index < -0.39 is 28.8 Å². The van der Waals surface area contributed by atoms with Gasteiger partial charge in [0.15, 0.2) is 6.29 Å². The van der Waals surface area contributed by atoms with Gasteiger partial charge in [-0.25, -0.2) is 4.79 Å². The zero-order valence-corrected chi connectivity index (χ0v) is 39.1. The van der Waals surface area contributed by atoms with Crippen LogP contribution < -0.4 is 14.2 Å². The van der Waals surface area contributed by atoms with Crippen LogP contribution in [0.3, 0.4) is 0 Å². The van der Waals surface area contributed by atoms with E-state index in [0.29, 0.717) is 72.0 Å². The Balaban J connectivity index is 1.33. The Morgan fingerprint density at radius 2 is 1.67 bits per heavy atom. The average Bonchev–Trinajstić information content (AvgIpc) is 3.37. The summed E-state index contributed by atoms with van der Waals surface area (Å²) in [5, 5.41) is 36.1.